The number of pyridine rings is 2. The van der Waals surface area contributed by atoms with Crippen LogP contribution in [-0.2, 0) is 11.3 Å². The fourth-order valence-corrected chi connectivity index (χ4v) is 4.02. The zero-order chi connectivity index (χ0) is 24.6. The first-order valence-electron chi connectivity index (χ1n) is 11.7. The molecule has 0 saturated heterocycles. The fraction of sp³-hybridized carbons (Fsp3) is 0.296. The predicted octanol–water partition coefficient (Wildman–Crippen LogP) is 4.81. The number of hydrogen-bond donors (Lipinski definition) is 2. The number of carbonyl (C=O) groups excluding carboxylic acids is 1. The first-order chi connectivity index (χ1) is 17.0. The minimum atomic E-state index is -0.495. The number of fused-ring (bicyclic) bond motifs is 3. The van der Waals surface area contributed by atoms with Crippen LogP contribution in [0.5, 0.6) is 5.88 Å². The molecule has 8 heteroatoms. The minimum absolute atomic E-state index is 0.373. The molecule has 7 nitrogen and oxygen atoms in total. The highest BCUT2D eigenvalue weighted by atomic mass is 35.5. The molecule has 0 spiro atoms. The second kappa shape index (κ2) is 11.9. The number of carbonyl (C=O) groups is 1. The van der Waals surface area contributed by atoms with E-state index in [4.69, 9.17) is 26.8 Å². The van der Waals surface area contributed by atoms with Gasteiger partial charge >= 0.3 is 0 Å². The Labute approximate surface area is 209 Å². The number of nitrogens with two attached hydrogens (primary N) is 1. The van der Waals surface area contributed by atoms with Gasteiger partial charge in [-0.05, 0) is 61.7 Å². The van der Waals surface area contributed by atoms with Gasteiger partial charge < -0.3 is 20.5 Å². The van der Waals surface area contributed by atoms with Crippen LogP contribution in [-0.4, -0.2) is 42.2 Å². The minimum Gasteiger partial charge on any atom is -0.475 e. The van der Waals surface area contributed by atoms with Gasteiger partial charge in [0.2, 0.25) is 11.8 Å². The number of amides is 1. The van der Waals surface area contributed by atoms with Crippen molar-refractivity contribution in [3.63, 3.8) is 0 Å². The topological polar surface area (TPSA) is 99.4 Å². The summed E-state index contributed by atoms with van der Waals surface area (Å²) in [6.45, 7) is 5.22. The van der Waals surface area contributed by atoms with E-state index in [1.807, 2.05) is 31.2 Å². The summed E-state index contributed by atoms with van der Waals surface area (Å²) in [5.41, 5.74) is 8.74. The number of unbranched alkanes of at least 4 members (excludes halogenated alkanes) is 1. The van der Waals surface area contributed by atoms with Crippen LogP contribution in [0.2, 0.25) is 5.02 Å². The summed E-state index contributed by atoms with van der Waals surface area (Å²) in [7, 11) is 0. The maximum atomic E-state index is 11.6. The monoisotopic (exact) mass is 492 g/mol. The summed E-state index contributed by atoms with van der Waals surface area (Å²) in [6, 6.07) is 13.2. The Morgan fingerprint density at radius 2 is 1.91 bits per heavy atom. The quantitative estimate of drug-likeness (QED) is 0.217. The van der Waals surface area contributed by atoms with Crippen LogP contribution in [0.4, 0.5) is 0 Å². The second-order valence-electron chi connectivity index (χ2n) is 8.36. The SMILES string of the molecule is Cc1ccc(CNCCCCOCCOc2nc3cc(C(N)=O)ccc3c3cnccc23)cc1Cl. The molecule has 4 rings (SSSR count). The van der Waals surface area contributed by atoms with Crippen molar-refractivity contribution in [2.45, 2.75) is 26.3 Å². The van der Waals surface area contributed by atoms with Crippen LogP contribution in [0, 0.1) is 6.92 Å². The van der Waals surface area contributed by atoms with Crippen LogP contribution in [0.15, 0.2) is 54.9 Å². The lowest BCUT2D eigenvalue weighted by Gasteiger charge is -2.11. The van der Waals surface area contributed by atoms with Crippen LogP contribution in [0.3, 0.4) is 0 Å². The summed E-state index contributed by atoms with van der Waals surface area (Å²) < 4.78 is 11.7. The van der Waals surface area contributed by atoms with E-state index >= 15 is 0 Å². The van der Waals surface area contributed by atoms with Gasteiger partial charge in [0.15, 0.2) is 0 Å². The molecule has 0 aliphatic heterocycles. The molecule has 35 heavy (non-hydrogen) atoms. The molecule has 0 aliphatic rings. The van der Waals surface area contributed by atoms with Gasteiger partial charge in [-0.25, -0.2) is 4.98 Å². The molecule has 2 aromatic heterocycles. The summed E-state index contributed by atoms with van der Waals surface area (Å²) in [5.74, 6) is -0.00821. The number of nitrogens with one attached hydrogen (secondary N) is 1. The van der Waals surface area contributed by atoms with Crippen molar-refractivity contribution in [1.29, 1.82) is 0 Å². The zero-order valence-electron chi connectivity index (χ0n) is 19.7. The Kier molecular flexibility index (Phi) is 8.47. The van der Waals surface area contributed by atoms with E-state index < -0.39 is 5.91 Å². The number of aryl methyl sites for hydroxylation is 1. The van der Waals surface area contributed by atoms with Crippen molar-refractivity contribution in [1.82, 2.24) is 15.3 Å². The average molecular weight is 493 g/mol. The van der Waals surface area contributed by atoms with Crippen molar-refractivity contribution in [3.8, 4) is 5.88 Å². The average Bonchev–Trinajstić information content (AvgIpc) is 2.86. The summed E-state index contributed by atoms with van der Waals surface area (Å²) >= 11 is 6.17. The summed E-state index contributed by atoms with van der Waals surface area (Å²) in [4.78, 5) is 20.4. The molecule has 0 bridgehead atoms. The molecular formula is C27H29ClN4O3. The standard InChI is InChI=1S/C27H29ClN4O3/c1-18-4-5-19(14-24(18)28)16-30-9-2-3-11-34-12-13-35-27-22-8-10-31-17-23(22)21-7-6-20(26(29)33)15-25(21)32-27/h4-8,10,14-15,17,30H,2-3,9,11-13,16H2,1H3,(H2,29,33). The maximum Gasteiger partial charge on any atom is 0.248 e. The van der Waals surface area contributed by atoms with E-state index in [0.29, 0.717) is 36.8 Å². The van der Waals surface area contributed by atoms with Crippen LogP contribution < -0.4 is 15.8 Å². The number of nitrogens with zero attached hydrogens (tertiary/aromatic N) is 2. The fourth-order valence-electron chi connectivity index (χ4n) is 3.81. The number of halogens is 1. The predicted molar refractivity (Wildman–Crippen MR) is 139 cm³/mol. The number of hydrogen-bond acceptors (Lipinski definition) is 6. The largest absolute Gasteiger partial charge is 0.475 e. The first kappa shape index (κ1) is 24.9. The Bertz CT molecular complexity index is 1330. The molecule has 2 heterocycles. The third kappa shape index (κ3) is 6.45. The van der Waals surface area contributed by atoms with Crippen LogP contribution in [0.25, 0.3) is 21.7 Å². The van der Waals surface area contributed by atoms with E-state index in [1.54, 1.807) is 24.5 Å². The van der Waals surface area contributed by atoms with Gasteiger partial charge in [-0.3, -0.25) is 9.78 Å². The normalized spacial score (nSPS) is 11.3. The molecule has 1 amide bonds. The maximum absolute atomic E-state index is 11.6. The lowest BCUT2D eigenvalue weighted by Crippen LogP contribution is -2.15. The summed E-state index contributed by atoms with van der Waals surface area (Å²) in [6.07, 6.45) is 5.46. The van der Waals surface area contributed by atoms with Gasteiger partial charge in [0.05, 0.1) is 12.1 Å². The van der Waals surface area contributed by atoms with Gasteiger partial charge in [0.1, 0.15) is 6.61 Å². The highest BCUT2D eigenvalue weighted by Gasteiger charge is 2.11. The van der Waals surface area contributed by atoms with Crippen molar-refractivity contribution in [3.05, 3.63) is 76.6 Å². The number of primary amides is 1. The molecule has 2 aromatic carbocycles. The number of ether oxygens (including phenoxy) is 2. The first-order valence-corrected chi connectivity index (χ1v) is 12.0. The van der Waals surface area contributed by atoms with Gasteiger partial charge in [-0.15, -0.1) is 0 Å². The van der Waals surface area contributed by atoms with Crippen LogP contribution >= 0.6 is 11.6 Å². The smallest absolute Gasteiger partial charge is 0.248 e. The molecule has 0 atom stereocenters. The van der Waals surface area contributed by atoms with Gasteiger partial charge in [-0.2, -0.15) is 0 Å². The highest BCUT2D eigenvalue weighted by Crippen LogP contribution is 2.30. The van der Waals surface area contributed by atoms with Crippen molar-refractivity contribution in [2.75, 3.05) is 26.4 Å². The Balaban J connectivity index is 1.21. The van der Waals surface area contributed by atoms with E-state index in [2.05, 4.69) is 21.4 Å². The Hall–Kier alpha value is -3.26. The van der Waals surface area contributed by atoms with E-state index in [1.165, 1.54) is 5.56 Å². The highest BCUT2D eigenvalue weighted by molar-refractivity contribution is 6.31. The molecule has 0 unspecified atom stereocenters. The zero-order valence-corrected chi connectivity index (χ0v) is 20.5. The molecule has 3 N–H and O–H groups in total. The number of benzene rings is 2. The molecule has 0 aliphatic carbocycles. The molecule has 4 aromatic rings. The molecular weight excluding hydrogens is 464 g/mol. The Morgan fingerprint density at radius 1 is 1.03 bits per heavy atom. The van der Waals surface area contributed by atoms with Gasteiger partial charge in [-0.1, -0.05) is 29.8 Å². The third-order valence-electron chi connectivity index (χ3n) is 5.77. The van der Waals surface area contributed by atoms with E-state index in [-0.39, 0.29) is 0 Å². The molecule has 0 saturated carbocycles. The van der Waals surface area contributed by atoms with Crippen molar-refractivity contribution < 1.29 is 14.3 Å². The van der Waals surface area contributed by atoms with Gasteiger partial charge in [0.25, 0.3) is 0 Å². The van der Waals surface area contributed by atoms with E-state index in [0.717, 1.165) is 52.7 Å². The van der Waals surface area contributed by atoms with Gasteiger partial charge in [0, 0.05) is 52.3 Å². The molecule has 0 fully saturated rings. The van der Waals surface area contributed by atoms with Crippen LogP contribution in [0.1, 0.15) is 34.3 Å². The number of rotatable bonds is 12. The Morgan fingerprint density at radius 3 is 2.74 bits per heavy atom. The second-order valence-corrected chi connectivity index (χ2v) is 8.77. The molecule has 0 radical (unpaired) electrons. The van der Waals surface area contributed by atoms with E-state index in [9.17, 15) is 4.79 Å². The van der Waals surface area contributed by atoms with Crippen molar-refractivity contribution in [2.24, 2.45) is 5.73 Å². The number of aromatic nitrogens is 2. The van der Waals surface area contributed by atoms with Crippen molar-refractivity contribution >= 4 is 39.2 Å². The lowest BCUT2D eigenvalue weighted by molar-refractivity contribution is 0.0966. The summed E-state index contributed by atoms with van der Waals surface area (Å²) in [5, 5.41) is 6.90. The lowest BCUT2D eigenvalue weighted by atomic mass is 10.1. The molecule has 182 valence electrons. The third-order valence-corrected chi connectivity index (χ3v) is 6.18.